The Labute approximate surface area is 93.0 Å². The molecule has 0 aliphatic carbocycles. The molecule has 2 heteroatoms. The van der Waals surface area contributed by atoms with E-state index in [1.165, 1.54) is 5.57 Å². The van der Waals surface area contributed by atoms with E-state index in [0.29, 0.717) is 18.9 Å². The number of hydrogen-bond acceptors (Lipinski definition) is 2. The zero-order valence-corrected chi connectivity index (χ0v) is 10.2. The Morgan fingerprint density at radius 3 is 2.67 bits per heavy atom. The molecule has 86 valence electrons. The van der Waals surface area contributed by atoms with Gasteiger partial charge in [0.15, 0.2) is 0 Å². The largest absolute Gasteiger partial charge is 0.465 e. The standard InChI is InChI=1S/C13H22O2/c1-5-7-11(3)8-9-12(4)10-15-13(14)6-2/h5,7-8,12H,6,9-10H2,1-4H3/b7-5+,11-8+. The van der Waals surface area contributed by atoms with Gasteiger partial charge in [0.1, 0.15) is 0 Å². The summed E-state index contributed by atoms with van der Waals surface area (Å²) in [5, 5.41) is 0. The van der Waals surface area contributed by atoms with Gasteiger partial charge in [0.05, 0.1) is 6.61 Å². The first kappa shape index (κ1) is 13.9. The van der Waals surface area contributed by atoms with Crippen molar-refractivity contribution in [2.75, 3.05) is 6.61 Å². The van der Waals surface area contributed by atoms with Crippen LogP contribution in [0.4, 0.5) is 0 Å². The molecule has 0 N–H and O–H groups in total. The second-order valence-electron chi connectivity index (χ2n) is 3.83. The summed E-state index contributed by atoms with van der Waals surface area (Å²) >= 11 is 0. The highest BCUT2D eigenvalue weighted by Gasteiger charge is 2.03. The van der Waals surface area contributed by atoms with Gasteiger partial charge >= 0.3 is 5.97 Å². The lowest BCUT2D eigenvalue weighted by Gasteiger charge is -2.09. The van der Waals surface area contributed by atoms with Gasteiger partial charge in [-0.2, -0.15) is 0 Å². The lowest BCUT2D eigenvalue weighted by Crippen LogP contribution is -2.10. The van der Waals surface area contributed by atoms with Crippen LogP contribution >= 0.6 is 0 Å². The van der Waals surface area contributed by atoms with E-state index in [2.05, 4.69) is 26.0 Å². The Morgan fingerprint density at radius 1 is 1.47 bits per heavy atom. The van der Waals surface area contributed by atoms with Crippen LogP contribution < -0.4 is 0 Å². The van der Waals surface area contributed by atoms with E-state index < -0.39 is 0 Å². The monoisotopic (exact) mass is 210 g/mol. The van der Waals surface area contributed by atoms with Gasteiger partial charge in [-0.3, -0.25) is 4.79 Å². The molecule has 0 saturated carbocycles. The molecule has 0 aromatic rings. The molecule has 0 saturated heterocycles. The summed E-state index contributed by atoms with van der Waals surface area (Å²) < 4.78 is 5.06. The van der Waals surface area contributed by atoms with Gasteiger partial charge in [-0.1, -0.05) is 37.6 Å². The number of carbonyl (C=O) groups is 1. The number of ether oxygens (including phenoxy) is 1. The van der Waals surface area contributed by atoms with Gasteiger partial charge < -0.3 is 4.74 Å². The number of carbonyl (C=O) groups excluding carboxylic acids is 1. The predicted octanol–water partition coefficient (Wildman–Crippen LogP) is 3.49. The summed E-state index contributed by atoms with van der Waals surface area (Å²) in [6.07, 6.45) is 7.68. The zero-order valence-electron chi connectivity index (χ0n) is 10.2. The van der Waals surface area contributed by atoms with E-state index in [4.69, 9.17) is 4.74 Å². The summed E-state index contributed by atoms with van der Waals surface area (Å²) in [5.74, 6) is 0.275. The molecule has 0 aromatic carbocycles. The van der Waals surface area contributed by atoms with Crippen molar-refractivity contribution in [3.05, 3.63) is 23.8 Å². The third-order valence-corrected chi connectivity index (χ3v) is 2.09. The van der Waals surface area contributed by atoms with Crippen molar-refractivity contribution in [2.45, 2.75) is 40.5 Å². The van der Waals surface area contributed by atoms with Gasteiger partial charge in [0.25, 0.3) is 0 Å². The molecule has 0 heterocycles. The van der Waals surface area contributed by atoms with Gasteiger partial charge in [-0.05, 0) is 26.2 Å². The molecule has 0 radical (unpaired) electrons. The van der Waals surface area contributed by atoms with Crippen LogP contribution in [-0.2, 0) is 9.53 Å². The van der Waals surface area contributed by atoms with Crippen LogP contribution in [-0.4, -0.2) is 12.6 Å². The first-order chi connectivity index (χ1) is 7.10. The first-order valence-corrected chi connectivity index (χ1v) is 5.55. The molecule has 0 aliphatic heterocycles. The number of hydrogen-bond donors (Lipinski definition) is 0. The Bertz CT molecular complexity index is 239. The highest BCUT2D eigenvalue weighted by atomic mass is 16.5. The quantitative estimate of drug-likeness (QED) is 0.495. The van der Waals surface area contributed by atoms with Crippen molar-refractivity contribution in [2.24, 2.45) is 5.92 Å². The molecule has 1 unspecified atom stereocenters. The second-order valence-corrected chi connectivity index (χ2v) is 3.83. The Balaban J connectivity index is 3.79. The Morgan fingerprint density at radius 2 is 2.13 bits per heavy atom. The van der Waals surface area contributed by atoms with Crippen LogP contribution in [0.1, 0.15) is 40.5 Å². The maximum Gasteiger partial charge on any atom is 0.305 e. The van der Waals surface area contributed by atoms with E-state index in [9.17, 15) is 4.79 Å². The summed E-state index contributed by atoms with van der Waals surface area (Å²) in [6.45, 7) is 8.49. The van der Waals surface area contributed by atoms with Crippen LogP contribution in [0.25, 0.3) is 0 Å². The summed E-state index contributed by atoms with van der Waals surface area (Å²) in [7, 11) is 0. The maximum atomic E-state index is 10.9. The molecular weight excluding hydrogens is 188 g/mol. The number of esters is 1. The Hall–Kier alpha value is -1.05. The van der Waals surface area contributed by atoms with E-state index in [0.717, 1.165) is 6.42 Å². The smallest absolute Gasteiger partial charge is 0.305 e. The normalized spacial score (nSPS) is 14.3. The molecule has 0 rings (SSSR count). The van der Waals surface area contributed by atoms with Gasteiger partial charge in [-0.25, -0.2) is 0 Å². The average Bonchev–Trinajstić information content (AvgIpc) is 2.23. The Kier molecular flexibility index (Phi) is 7.69. The average molecular weight is 210 g/mol. The van der Waals surface area contributed by atoms with Crippen molar-refractivity contribution < 1.29 is 9.53 Å². The minimum atomic E-state index is -0.115. The number of allylic oxidation sites excluding steroid dienone is 4. The van der Waals surface area contributed by atoms with Gasteiger partial charge in [0.2, 0.25) is 0 Å². The summed E-state index contributed by atoms with van der Waals surface area (Å²) in [4.78, 5) is 10.9. The topological polar surface area (TPSA) is 26.3 Å². The van der Waals surface area contributed by atoms with Crippen LogP contribution in [0.15, 0.2) is 23.8 Å². The minimum Gasteiger partial charge on any atom is -0.465 e. The molecule has 0 amide bonds. The minimum absolute atomic E-state index is 0.115. The van der Waals surface area contributed by atoms with Crippen molar-refractivity contribution in [1.82, 2.24) is 0 Å². The molecule has 0 fully saturated rings. The fraction of sp³-hybridized carbons (Fsp3) is 0.615. The highest BCUT2D eigenvalue weighted by Crippen LogP contribution is 2.07. The SMILES string of the molecule is C/C=C/C(C)=C/CC(C)COC(=O)CC. The lowest BCUT2D eigenvalue weighted by molar-refractivity contribution is -0.144. The van der Waals surface area contributed by atoms with Crippen molar-refractivity contribution in [3.63, 3.8) is 0 Å². The van der Waals surface area contributed by atoms with Crippen molar-refractivity contribution in [3.8, 4) is 0 Å². The second kappa shape index (κ2) is 8.27. The molecule has 2 nitrogen and oxygen atoms in total. The molecule has 15 heavy (non-hydrogen) atoms. The molecule has 0 spiro atoms. The van der Waals surface area contributed by atoms with Crippen molar-refractivity contribution in [1.29, 1.82) is 0 Å². The molecule has 0 bridgehead atoms. The highest BCUT2D eigenvalue weighted by molar-refractivity contribution is 5.68. The van der Waals surface area contributed by atoms with E-state index >= 15 is 0 Å². The maximum absolute atomic E-state index is 10.9. The zero-order chi connectivity index (χ0) is 11.7. The fourth-order valence-electron chi connectivity index (χ4n) is 1.12. The van der Waals surface area contributed by atoms with E-state index in [-0.39, 0.29) is 5.97 Å². The van der Waals surface area contributed by atoms with Crippen LogP contribution in [0.5, 0.6) is 0 Å². The first-order valence-electron chi connectivity index (χ1n) is 5.55. The number of rotatable bonds is 6. The fourth-order valence-corrected chi connectivity index (χ4v) is 1.12. The lowest BCUT2D eigenvalue weighted by atomic mass is 10.1. The third-order valence-electron chi connectivity index (χ3n) is 2.09. The summed E-state index contributed by atoms with van der Waals surface area (Å²) in [5.41, 5.74) is 1.26. The predicted molar refractivity (Wildman–Crippen MR) is 63.6 cm³/mol. The van der Waals surface area contributed by atoms with Crippen LogP contribution in [0.3, 0.4) is 0 Å². The van der Waals surface area contributed by atoms with E-state index in [1.807, 2.05) is 19.9 Å². The molecular formula is C13H22O2. The van der Waals surface area contributed by atoms with E-state index in [1.54, 1.807) is 0 Å². The molecule has 0 aromatic heterocycles. The molecule has 0 aliphatic rings. The van der Waals surface area contributed by atoms with Crippen molar-refractivity contribution >= 4 is 5.97 Å². The van der Waals surface area contributed by atoms with Gasteiger partial charge in [-0.15, -0.1) is 0 Å². The third kappa shape index (κ3) is 7.98. The van der Waals surface area contributed by atoms with Crippen LogP contribution in [0, 0.1) is 5.92 Å². The van der Waals surface area contributed by atoms with Crippen LogP contribution in [0.2, 0.25) is 0 Å². The summed E-state index contributed by atoms with van der Waals surface area (Å²) in [6, 6.07) is 0. The van der Waals surface area contributed by atoms with Gasteiger partial charge in [0, 0.05) is 6.42 Å². The molecule has 1 atom stereocenters.